The molecule has 1 aromatic heterocycles. The van der Waals surface area contributed by atoms with Gasteiger partial charge in [-0.3, -0.25) is 0 Å². The number of fused-ring (bicyclic) bond motifs is 4. The van der Waals surface area contributed by atoms with E-state index in [1.165, 1.54) is 26.5 Å². The van der Waals surface area contributed by atoms with Gasteiger partial charge in [0, 0.05) is 35.4 Å². The first kappa shape index (κ1) is 15.6. The van der Waals surface area contributed by atoms with Gasteiger partial charge in [0.2, 0.25) is 0 Å². The number of halogens is 2. The van der Waals surface area contributed by atoms with E-state index in [2.05, 4.69) is 11.9 Å². The molecule has 5 heteroatoms. The summed E-state index contributed by atoms with van der Waals surface area (Å²) in [5, 5.41) is 0.420. The van der Waals surface area contributed by atoms with Gasteiger partial charge in [0.25, 0.3) is 0 Å². The minimum absolute atomic E-state index is 0.000345. The number of methoxy groups -OCH3 is 1. The Hall–Kier alpha value is -1.62. The van der Waals surface area contributed by atoms with Gasteiger partial charge in [-0.05, 0) is 24.8 Å². The van der Waals surface area contributed by atoms with E-state index in [1.807, 2.05) is 0 Å². The van der Waals surface area contributed by atoms with Crippen LogP contribution in [0.1, 0.15) is 43.4 Å². The predicted molar refractivity (Wildman–Crippen MR) is 92.2 cm³/mol. The summed E-state index contributed by atoms with van der Waals surface area (Å²) >= 11 is 0. The summed E-state index contributed by atoms with van der Waals surface area (Å²) in [5.41, 5.74) is 2.41. The molecule has 3 aliphatic heterocycles. The number of nitrogens with one attached hydrogen (secondary N) is 2. The van der Waals surface area contributed by atoms with Crippen LogP contribution in [0.15, 0.2) is 6.07 Å². The topological polar surface area (TPSA) is 29.5 Å². The summed E-state index contributed by atoms with van der Waals surface area (Å²) in [6.07, 6.45) is 4.50. The van der Waals surface area contributed by atoms with Crippen LogP contribution in [0.5, 0.6) is 5.75 Å². The van der Waals surface area contributed by atoms with Crippen molar-refractivity contribution in [3.63, 3.8) is 0 Å². The Bertz CT molecular complexity index is 846. The van der Waals surface area contributed by atoms with E-state index in [4.69, 9.17) is 4.74 Å². The third-order valence-electron chi connectivity index (χ3n) is 7.07. The van der Waals surface area contributed by atoms with E-state index >= 15 is 0 Å². The van der Waals surface area contributed by atoms with Crippen LogP contribution in [0, 0.1) is 23.5 Å². The summed E-state index contributed by atoms with van der Waals surface area (Å²) in [6, 6.07) is 1.75. The summed E-state index contributed by atoms with van der Waals surface area (Å²) < 4.78 is 34.6. The van der Waals surface area contributed by atoms with Crippen molar-refractivity contribution in [3.05, 3.63) is 29.0 Å². The van der Waals surface area contributed by atoms with Crippen LogP contribution in [0.2, 0.25) is 0 Å². The standard InChI is InChI=1S/C20H24F2N2O/c1-3-11-6-10-7-13-18-12(4-5-24(9-10)20(11)13)16-17(22)15(25-2)8-14(21)19(16)23-18/h8,10-11,13,20,23H,3-7,9H2,1-2H3/p+1/t10-,11+,13+,20?/m1/s1. The minimum atomic E-state index is -0.421. The average Bonchev–Trinajstić information content (AvgIpc) is 2.98. The van der Waals surface area contributed by atoms with Crippen molar-refractivity contribution < 1.29 is 18.4 Å². The van der Waals surface area contributed by atoms with E-state index in [9.17, 15) is 8.78 Å². The largest absolute Gasteiger partial charge is 0.494 e. The number of quaternary nitrogens is 1. The number of rotatable bonds is 2. The molecule has 2 N–H and O–H groups in total. The maximum Gasteiger partial charge on any atom is 0.174 e. The van der Waals surface area contributed by atoms with Gasteiger partial charge in [0.1, 0.15) is 0 Å². The third-order valence-corrected chi connectivity index (χ3v) is 7.07. The molecule has 1 aromatic carbocycles. The SMILES string of the molecule is CC[C@H]1C[C@@H]2C[C@H]3c4[nH]c5c(F)cc(OC)c(F)c5c4CC[NH+](C2)C13. The molecule has 0 radical (unpaired) electrons. The first-order chi connectivity index (χ1) is 12.1. The van der Waals surface area contributed by atoms with E-state index < -0.39 is 11.6 Å². The molecular weight excluding hydrogens is 322 g/mol. The second kappa shape index (κ2) is 5.44. The van der Waals surface area contributed by atoms with E-state index in [-0.39, 0.29) is 5.75 Å². The van der Waals surface area contributed by atoms with E-state index in [0.29, 0.717) is 22.9 Å². The molecule has 1 saturated carbocycles. The molecule has 0 amide bonds. The molecule has 3 nitrogen and oxygen atoms in total. The lowest BCUT2D eigenvalue weighted by Crippen LogP contribution is -3.20. The number of H-pyrrole nitrogens is 1. The molecule has 25 heavy (non-hydrogen) atoms. The van der Waals surface area contributed by atoms with Crippen molar-refractivity contribution in [2.24, 2.45) is 11.8 Å². The number of hydrogen-bond donors (Lipinski definition) is 2. The normalized spacial score (nSPS) is 33.4. The summed E-state index contributed by atoms with van der Waals surface area (Å²) in [7, 11) is 1.39. The molecule has 3 fully saturated rings. The third kappa shape index (κ3) is 2.05. The molecule has 5 atom stereocenters. The molecule has 4 heterocycles. The highest BCUT2D eigenvalue weighted by atomic mass is 19.1. The maximum absolute atomic E-state index is 15.0. The zero-order valence-corrected chi connectivity index (χ0v) is 14.8. The first-order valence-electron chi connectivity index (χ1n) is 9.53. The molecule has 4 aliphatic rings. The lowest BCUT2D eigenvalue weighted by atomic mass is 9.65. The Morgan fingerprint density at radius 1 is 1.32 bits per heavy atom. The van der Waals surface area contributed by atoms with Crippen molar-refractivity contribution in [2.75, 3.05) is 20.2 Å². The van der Waals surface area contributed by atoms with E-state index in [1.54, 1.807) is 4.90 Å². The second-order valence-corrected chi connectivity index (χ2v) is 8.14. The lowest BCUT2D eigenvalue weighted by molar-refractivity contribution is -0.946. The van der Waals surface area contributed by atoms with Crippen LogP contribution >= 0.6 is 0 Å². The van der Waals surface area contributed by atoms with Crippen LogP contribution in [0.25, 0.3) is 10.9 Å². The number of piperidine rings is 2. The summed E-state index contributed by atoms with van der Waals surface area (Å²) in [6.45, 7) is 4.56. The fraction of sp³-hybridized carbons (Fsp3) is 0.600. The first-order valence-corrected chi connectivity index (χ1v) is 9.53. The van der Waals surface area contributed by atoms with Gasteiger partial charge in [-0.25, -0.2) is 8.78 Å². The molecule has 134 valence electrons. The monoisotopic (exact) mass is 347 g/mol. The second-order valence-electron chi connectivity index (χ2n) is 8.14. The number of aromatic amines is 1. The molecule has 2 saturated heterocycles. The van der Waals surface area contributed by atoms with Crippen LogP contribution in [-0.4, -0.2) is 31.2 Å². The highest BCUT2D eigenvalue weighted by Crippen LogP contribution is 2.46. The maximum atomic E-state index is 15.0. The number of aromatic nitrogens is 1. The Kier molecular flexibility index (Phi) is 3.40. The molecule has 2 aromatic rings. The highest BCUT2D eigenvalue weighted by Gasteiger charge is 2.52. The van der Waals surface area contributed by atoms with Crippen molar-refractivity contribution >= 4 is 10.9 Å². The molecular formula is C20H25F2N2O+. The lowest BCUT2D eigenvalue weighted by Gasteiger charge is -2.50. The highest BCUT2D eigenvalue weighted by molar-refractivity contribution is 5.87. The van der Waals surface area contributed by atoms with Gasteiger partial charge in [0.05, 0.1) is 37.7 Å². The molecule has 0 spiro atoms. The van der Waals surface area contributed by atoms with Gasteiger partial charge in [-0.15, -0.1) is 0 Å². The molecule has 6 rings (SSSR count). The van der Waals surface area contributed by atoms with Crippen LogP contribution in [0.4, 0.5) is 8.78 Å². The fourth-order valence-electron chi connectivity index (χ4n) is 6.15. The van der Waals surface area contributed by atoms with Gasteiger partial charge >= 0.3 is 0 Å². The summed E-state index contributed by atoms with van der Waals surface area (Å²) in [5.74, 6) is 1.04. The fourth-order valence-corrected chi connectivity index (χ4v) is 6.15. The van der Waals surface area contributed by atoms with Crippen LogP contribution in [0.3, 0.4) is 0 Å². The molecule has 2 unspecified atom stereocenters. The van der Waals surface area contributed by atoms with Gasteiger partial charge < -0.3 is 14.6 Å². The number of ether oxygens (including phenoxy) is 1. The number of benzene rings is 1. The van der Waals surface area contributed by atoms with Crippen molar-refractivity contribution in [1.82, 2.24) is 4.98 Å². The Morgan fingerprint density at radius 3 is 2.92 bits per heavy atom. The van der Waals surface area contributed by atoms with Gasteiger partial charge in [-0.2, -0.15) is 0 Å². The van der Waals surface area contributed by atoms with Crippen molar-refractivity contribution in [1.29, 1.82) is 0 Å². The van der Waals surface area contributed by atoms with Gasteiger partial charge in [-0.1, -0.05) is 6.92 Å². The zero-order chi connectivity index (χ0) is 17.3. The van der Waals surface area contributed by atoms with Gasteiger partial charge in [0.15, 0.2) is 17.4 Å². The summed E-state index contributed by atoms with van der Waals surface area (Å²) in [4.78, 5) is 5.00. The van der Waals surface area contributed by atoms with Crippen LogP contribution in [-0.2, 0) is 6.42 Å². The zero-order valence-electron chi connectivity index (χ0n) is 14.8. The Balaban J connectivity index is 1.73. The van der Waals surface area contributed by atoms with Crippen molar-refractivity contribution in [2.45, 2.75) is 44.6 Å². The minimum Gasteiger partial charge on any atom is -0.494 e. The molecule has 4 bridgehead atoms. The molecule has 1 aliphatic carbocycles. The Morgan fingerprint density at radius 2 is 2.16 bits per heavy atom. The predicted octanol–water partition coefficient (Wildman–Crippen LogP) is 2.80. The average molecular weight is 347 g/mol. The van der Waals surface area contributed by atoms with Crippen LogP contribution < -0.4 is 9.64 Å². The van der Waals surface area contributed by atoms with Crippen molar-refractivity contribution in [3.8, 4) is 5.75 Å². The Labute approximate surface area is 146 Å². The quantitative estimate of drug-likeness (QED) is 0.860. The smallest absolute Gasteiger partial charge is 0.174 e. The van der Waals surface area contributed by atoms with E-state index in [0.717, 1.165) is 48.5 Å². The number of hydrogen-bond acceptors (Lipinski definition) is 1.